The zero-order chi connectivity index (χ0) is 12.6. The predicted octanol–water partition coefficient (Wildman–Crippen LogP) is 4.06. The van der Waals surface area contributed by atoms with Crippen molar-refractivity contribution < 1.29 is 0 Å². The molecule has 1 saturated heterocycles. The van der Waals surface area contributed by atoms with E-state index in [2.05, 4.69) is 18.7 Å². The molecule has 2 N–H and O–H groups in total. The van der Waals surface area contributed by atoms with Gasteiger partial charge in [0.1, 0.15) is 0 Å². The van der Waals surface area contributed by atoms with Crippen molar-refractivity contribution in [3.63, 3.8) is 0 Å². The van der Waals surface area contributed by atoms with E-state index >= 15 is 0 Å². The van der Waals surface area contributed by atoms with Crippen molar-refractivity contribution in [2.75, 3.05) is 23.7 Å². The quantitative estimate of drug-likeness (QED) is 0.782. The summed E-state index contributed by atoms with van der Waals surface area (Å²) >= 11 is 12.0. The van der Waals surface area contributed by atoms with Crippen molar-refractivity contribution in [2.45, 2.75) is 20.3 Å². The molecule has 2 atom stereocenters. The molecule has 1 aromatic rings. The van der Waals surface area contributed by atoms with E-state index in [1.165, 1.54) is 6.42 Å². The molecule has 94 valence electrons. The molecule has 2 rings (SSSR count). The Morgan fingerprint density at radius 1 is 1.12 bits per heavy atom. The van der Waals surface area contributed by atoms with Gasteiger partial charge in [0.05, 0.1) is 21.4 Å². The van der Waals surface area contributed by atoms with Crippen LogP contribution < -0.4 is 10.6 Å². The molecule has 1 aliphatic rings. The highest BCUT2D eigenvalue weighted by atomic mass is 35.5. The molecule has 0 bridgehead atoms. The Labute approximate surface area is 113 Å². The summed E-state index contributed by atoms with van der Waals surface area (Å²) in [5.74, 6) is 1.38. The van der Waals surface area contributed by atoms with Gasteiger partial charge in [-0.3, -0.25) is 0 Å². The lowest BCUT2D eigenvalue weighted by atomic mass is 9.91. The first-order valence-corrected chi connectivity index (χ1v) is 6.72. The maximum Gasteiger partial charge on any atom is 0.0616 e. The summed E-state index contributed by atoms with van der Waals surface area (Å²) in [5.41, 5.74) is 7.75. The molecule has 2 nitrogen and oxygen atoms in total. The predicted molar refractivity (Wildman–Crippen MR) is 76.0 cm³/mol. The van der Waals surface area contributed by atoms with Crippen LogP contribution in [-0.4, -0.2) is 13.1 Å². The van der Waals surface area contributed by atoms with Gasteiger partial charge in [-0.1, -0.05) is 37.0 Å². The average molecular weight is 273 g/mol. The molecule has 1 aliphatic heterocycles. The van der Waals surface area contributed by atoms with Crippen molar-refractivity contribution in [3.8, 4) is 0 Å². The summed E-state index contributed by atoms with van der Waals surface area (Å²) in [4.78, 5) is 2.32. The number of hydrogen-bond donors (Lipinski definition) is 1. The molecule has 0 aromatic heterocycles. The Morgan fingerprint density at radius 3 is 2.24 bits per heavy atom. The van der Waals surface area contributed by atoms with Crippen molar-refractivity contribution in [3.05, 3.63) is 22.2 Å². The monoisotopic (exact) mass is 272 g/mol. The number of nitrogens with zero attached hydrogens (tertiary/aromatic N) is 1. The van der Waals surface area contributed by atoms with Crippen LogP contribution in [0.25, 0.3) is 0 Å². The Morgan fingerprint density at radius 2 is 1.65 bits per heavy atom. The van der Waals surface area contributed by atoms with Crippen molar-refractivity contribution in [1.29, 1.82) is 0 Å². The van der Waals surface area contributed by atoms with Crippen LogP contribution in [-0.2, 0) is 0 Å². The van der Waals surface area contributed by atoms with Crippen LogP contribution in [0.15, 0.2) is 12.1 Å². The molecule has 0 spiro atoms. The molecular formula is C13H18Cl2N2. The lowest BCUT2D eigenvalue weighted by Gasteiger charge is -2.37. The van der Waals surface area contributed by atoms with Crippen LogP contribution in [0, 0.1) is 11.8 Å². The normalized spacial score (nSPS) is 25.1. The summed E-state index contributed by atoms with van der Waals surface area (Å²) in [6, 6.07) is 3.62. The topological polar surface area (TPSA) is 29.3 Å². The Balaban J connectivity index is 2.30. The van der Waals surface area contributed by atoms with Crippen LogP contribution in [0.1, 0.15) is 20.3 Å². The highest BCUT2D eigenvalue weighted by Crippen LogP contribution is 2.35. The zero-order valence-corrected chi connectivity index (χ0v) is 11.7. The number of hydrogen-bond acceptors (Lipinski definition) is 2. The largest absolute Gasteiger partial charge is 0.397 e. The minimum atomic E-state index is 0.519. The number of nitrogens with two attached hydrogens (primary N) is 1. The third-order valence-corrected chi connectivity index (χ3v) is 4.00. The minimum Gasteiger partial charge on any atom is -0.397 e. The number of piperidine rings is 1. The van der Waals surface area contributed by atoms with Crippen molar-refractivity contribution >= 4 is 34.6 Å². The van der Waals surface area contributed by atoms with Gasteiger partial charge in [0.2, 0.25) is 0 Å². The number of rotatable bonds is 1. The number of anilines is 2. The van der Waals surface area contributed by atoms with Gasteiger partial charge >= 0.3 is 0 Å². The molecule has 2 unspecified atom stereocenters. The van der Waals surface area contributed by atoms with Gasteiger partial charge in [-0.2, -0.15) is 0 Å². The second kappa shape index (κ2) is 4.95. The van der Waals surface area contributed by atoms with E-state index in [0.717, 1.165) is 18.8 Å². The van der Waals surface area contributed by atoms with Gasteiger partial charge in [-0.15, -0.1) is 0 Å². The first kappa shape index (κ1) is 12.8. The van der Waals surface area contributed by atoms with Crippen LogP contribution in [0.5, 0.6) is 0 Å². The molecule has 17 heavy (non-hydrogen) atoms. The highest BCUT2D eigenvalue weighted by Gasteiger charge is 2.23. The molecule has 0 radical (unpaired) electrons. The fourth-order valence-corrected chi connectivity index (χ4v) is 3.02. The fraction of sp³-hybridized carbons (Fsp3) is 0.538. The lowest BCUT2D eigenvalue weighted by molar-refractivity contribution is 0.357. The van der Waals surface area contributed by atoms with Gasteiger partial charge in [0.25, 0.3) is 0 Å². The van der Waals surface area contributed by atoms with E-state index in [9.17, 15) is 0 Å². The molecule has 0 amide bonds. The summed E-state index contributed by atoms with van der Waals surface area (Å²) in [6.45, 7) is 6.62. The summed E-state index contributed by atoms with van der Waals surface area (Å²) < 4.78 is 0. The lowest BCUT2D eigenvalue weighted by Crippen LogP contribution is -2.39. The minimum absolute atomic E-state index is 0.519. The van der Waals surface area contributed by atoms with Crippen molar-refractivity contribution in [1.82, 2.24) is 0 Å². The first-order chi connectivity index (χ1) is 7.97. The number of nitrogen functional groups attached to an aromatic ring is 1. The van der Waals surface area contributed by atoms with E-state index in [1.54, 1.807) is 6.07 Å². The van der Waals surface area contributed by atoms with E-state index in [-0.39, 0.29) is 0 Å². The molecule has 0 saturated carbocycles. The Bertz CT molecular complexity index is 410. The van der Waals surface area contributed by atoms with E-state index in [1.807, 2.05) is 6.07 Å². The fourth-order valence-electron chi connectivity index (χ4n) is 2.69. The Kier molecular flexibility index (Phi) is 3.74. The van der Waals surface area contributed by atoms with Crippen LogP contribution in [0.2, 0.25) is 10.0 Å². The maximum atomic E-state index is 6.06. The zero-order valence-electron chi connectivity index (χ0n) is 10.2. The first-order valence-electron chi connectivity index (χ1n) is 5.97. The smallest absolute Gasteiger partial charge is 0.0616 e. The second-order valence-corrected chi connectivity index (χ2v) is 5.99. The molecule has 1 fully saturated rings. The van der Waals surface area contributed by atoms with E-state index in [4.69, 9.17) is 28.9 Å². The van der Waals surface area contributed by atoms with Crippen LogP contribution in [0.3, 0.4) is 0 Å². The molecule has 1 aromatic carbocycles. The third-order valence-electron chi connectivity index (χ3n) is 3.28. The standard InChI is InChI=1S/C13H18Cl2N2/c1-8-3-9(2)7-17(6-8)13-5-11(15)10(14)4-12(13)16/h4-5,8-9H,3,6-7,16H2,1-2H3. The van der Waals surface area contributed by atoms with Gasteiger partial charge in [0.15, 0.2) is 0 Å². The molecule has 0 aliphatic carbocycles. The summed E-state index contributed by atoms with van der Waals surface area (Å²) in [7, 11) is 0. The molecular weight excluding hydrogens is 255 g/mol. The average Bonchev–Trinajstić information content (AvgIpc) is 2.22. The van der Waals surface area contributed by atoms with Gasteiger partial charge < -0.3 is 10.6 Å². The van der Waals surface area contributed by atoms with E-state index in [0.29, 0.717) is 27.6 Å². The SMILES string of the molecule is CC1CC(C)CN(c2cc(Cl)c(Cl)cc2N)C1. The van der Waals surface area contributed by atoms with Crippen LogP contribution in [0.4, 0.5) is 11.4 Å². The second-order valence-electron chi connectivity index (χ2n) is 5.18. The summed E-state index contributed by atoms with van der Waals surface area (Å²) in [6.07, 6.45) is 1.28. The van der Waals surface area contributed by atoms with E-state index < -0.39 is 0 Å². The van der Waals surface area contributed by atoms with Gasteiger partial charge in [-0.05, 0) is 30.4 Å². The maximum absolute atomic E-state index is 6.06. The molecule has 4 heteroatoms. The number of halogens is 2. The van der Waals surface area contributed by atoms with Crippen molar-refractivity contribution in [2.24, 2.45) is 11.8 Å². The van der Waals surface area contributed by atoms with Gasteiger partial charge in [-0.25, -0.2) is 0 Å². The summed E-state index contributed by atoms with van der Waals surface area (Å²) in [5, 5.41) is 1.09. The number of benzene rings is 1. The molecule has 1 heterocycles. The highest BCUT2D eigenvalue weighted by molar-refractivity contribution is 6.42. The van der Waals surface area contributed by atoms with Crippen LogP contribution >= 0.6 is 23.2 Å². The van der Waals surface area contributed by atoms with Gasteiger partial charge in [0, 0.05) is 13.1 Å². The Hall–Kier alpha value is -0.600. The third kappa shape index (κ3) is 2.80.